The fraction of sp³-hybridized carbons (Fsp3) is 0.227. The Balaban J connectivity index is 2.03. The van der Waals surface area contributed by atoms with E-state index < -0.39 is 0 Å². The smallest absolute Gasteiger partial charge is 0.135 e. The lowest BCUT2D eigenvalue weighted by molar-refractivity contribution is 0.483. The first-order chi connectivity index (χ1) is 11.6. The van der Waals surface area contributed by atoms with Gasteiger partial charge in [-0.1, -0.05) is 50.2 Å². The molecule has 0 aliphatic rings. The summed E-state index contributed by atoms with van der Waals surface area (Å²) in [4.78, 5) is 0. The van der Waals surface area contributed by atoms with Crippen LogP contribution in [0.4, 0.5) is 0 Å². The van der Waals surface area contributed by atoms with Gasteiger partial charge in [-0.15, -0.1) is 0 Å². The Labute approximate surface area is 143 Å². The van der Waals surface area contributed by atoms with Gasteiger partial charge < -0.3 is 4.74 Å². The average molecular weight is 315 g/mol. The minimum Gasteiger partial charge on any atom is -0.456 e. The zero-order valence-electron chi connectivity index (χ0n) is 14.3. The van der Waals surface area contributed by atoms with E-state index in [-0.39, 0.29) is 0 Å². The summed E-state index contributed by atoms with van der Waals surface area (Å²) in [6.45, 7) is 6.49. The van der Waals surface area contributed by atoms with E-state index >= 15 is 0 Å². The number of hydrogen-bond acceptors (Lipinski definition) is 2. The van der Waals surface area contributed by atoms with Gasteiger partial charge in [0.2, 0.25) is 0 Å². The second kappa shape index (κ2) is 6.76. The second-order valence-electron chi connectivity index (χ2n) is 6.57. The van der Waals surface area contributed by atoms with Crippen molar-refractivity contribution in [2.45, 2.75) is 27.2 Å². The molecule has 0 radical (unpaired) electrons. The summed E-state index contributed by atoms with van der Waals surface area (Å²) in [6.07, 6.45) is 1.03. The van der Waals surface area contributed by atoms with Gasteiger partial charge in [-0.3, -0.25) is 0 Å². The quantitative estimate of drug-likeness (QED) is 0.590. The minimum absolute atomic E-state index is 0.608. The Hall–Kier alpha value is -2.79. The van der Waals surface area contributed by atoms with E-state index in [1.165, 1.54) is 5.56 Å². The molecule has 120 valence electrons. The maximum absolute atomic E-state index is 9.29. The van der Waals surface area contributed by atoms with Gasteiger partial charge in [0.25, 0.3) is 0 Å². The van der Waals surface area contributed by atoms with Crippen LogP contribution in [0.25, 0.3) is 10.8 Å². The normalized spacial score (nSPS) is 10.8. The van der Waals surface area contributed by atoms with Gasteiger partial charge in [-0.05, 0) is 48.6 Å². The van der Waals surface area contributed by atoms with Crippen molar-refractivity contribution < 1.29 is 4.74 Å². The topological polar surface area (TPSA) is 33.0 Å². The third kappa shape index (κ3) is 3.26. The number of aryl methyl sites for hydroxylation is 1. The molecule has 0 heterocycles. The second-order valence-corrected chi connectivity index (χ2v) is 6.57. The molecule has 0 atom stereocenters. The fourth-order valence-electron chi connectivity index (χ4n) is 2.93. The molecule has 3 rings (SSSR count). The van der Waals surface area contributed by atoms with Crippen LogP contribution in [0.15, 0.2) is 54.6 Å². The minimum atomic E-state index is 0.608. The average Bonchev–Trinajstić information content (AvgIpc) is 2.57. The number of rotatable bonds is 4. The van der Waals surface area contributed by atoms with Crippen LogP contribution in [0.2, 0.25) is 0 Å². The fourth-order valence-corrected chi connectivity index (χ4v) is 2.93. The van der Waals surface area contributed by atoms with Crippen molar-refractivity contribution in [3.05, 3.63) is 71.3 Å². The molecule has 0 bridgehead atoms. The standard InChI is InChI=1S/C22H21NO/c1-15(2)12-17-9-8-16(3)22(13-17)24-21-11-10-18(14-23)19-6-4-5-7-20(19)21/h4-11,13,15H,12H2,1-3H3. The van der Waals surface area contributed by atoms with Crippen molar-refractivity contribution in [1.29, 1.82) is 5.26 Å². The Morgan fingerprint density at radius 3 is 2.42 bits per heavy atom. The number of hydrogen-bond donors (Lipinski definition) is 0. The van der Waals surface area contributed by atoms with Crippen molar-refractivity contribution in [3.63, 3.8) is 0 Å². The van der Waals surface area contributed by atoms with E-state index in [0.717, 1.165) is 34.3 Å². The molecule has 0 saturated carbocycles. The molecule has 0 amide bonds. The zero-order valence-corrected chi connectivity index (χ0v) is 14.3. The van der Waals surface area contributed by atoms with Gasteiger partial charge in [0.15, 0.2) is 0 Å². The summed E-state index contributed by atoms with van der Waals surface area (Å²) in [5, 5.41) is 11.2. The molecule has 0 spiro atoms. The maximum atomic E-state index is 9.29. The van der Waals surface area contributed by atoms with Crippen LogP contribution in [-0.2, 0) is 6.42 Å². The molecule has 0 fully saturated rings. The van der Waals surface area contributed by atoms with Gasteiger partial charge in [-0.2, -0.15) is 5.26 Å². The molecule has 0 aliphatic heterocycles. The monoisotopic (exact) mass is 315 g/mol. The SMILES string of the molecule is Cc1ccc(CC(C)C)cc1Oc1ccc(C#N)c2ccccc12. The molecular formula is C22H21NO. The molecule has 0 aliphatic carbocycles. The first-order valence-corrected chi connectivity index (χ1v) is 8.27. The predicted octanol–water partition coefficient (Wildman–Crippen LogP) is 6.01. The van der Waals surface area contributed by atoms with Crippen LogP contribution in [0.1, 0.15) is 30.5 Å². The lowest BCUT2D eigenvalue weighted by atomic mass is 10.0. The molecule has 2 heteroatoms. The lowest BCUT2D eigenvalue weighted by Crippen LogP contribution is -1.96. The number of benzene rings is 3. The Morgan fingerprint density at radius 2 is 1.71 bits per heavy atom. The molecule has 0 unspecified atom stereocenters. The van der Waals surface area contributed by atoms with Gasteiger partial charge in [0, 0.05) is 10.8 Å². The molecule has 24 heavy (non-hydrogen) atoms. The molecule has 3 aromatic carbocycles. The van der Waals surface area contributed by atoms with Crippen LogP contribution in [0, 0.1) is 24.2 Å². The lowest BCUT2D eigenvalue weighted by Gasteiger charge is -2.14. The first kappa shape index (κ1) is 16.1. The van der Waals surface area contributed by atoms with E-state index in [1.807, 2.05) is 36.4 Å². The maximum Gasteiger partial charge on any atom is 0.135 e. The van der Waals surface area contributed by atoms with E-state index in [4.69, 9.17) is 4.74 Å². The van der Waals surface area contributed by atoms with E-state index in [0.29, 0.717) is 11.5 Å². The highest BCUT2D eigenvalue weighted by Crippen LogP contribution is 2.33. The highest BCUT2D eigenvalue weighted by Gasteiger charge is 2.10. The molecule has 3 aromatic rings. The summed E-state index contributed by atoms with van der Waals surface area (Å²) in [5.41, 5.74) is 3.06. The van der Waals surface area contributed by atoms with Crippen LogP contribution >= 0.6 is 0 Å². The Bertz CT molecular complexity index is 919. The highest BCUT2D eigenvalue weighted by molar-refractivity contribution is 5.93. The Kier molecular flexibility index (Phi) is 4.53. The van der Waals surface area contributed by atoms with E-state index in [9.17, 15) is 5.26 Å². The summed E-state index contributed by atoms with van der Waals surface area (Å²) >= 11 is 0. The number of nitrogens with zero attached hydrogens (tertiary/aromatic N) is 1. The van der Waals surface area contributed by atoms with Gasteiger partial charge in [0.05, 0.1) is 11.6 Å². The highest BCUT2D eigenvalue weighted by atomic mass is 16.5. The van der Waals surface area contributed by atoms with Gasteiger partial charge in [-0.25, -0.2) is 0 Å². The largest absolute Gasteiger partial charge is 0.456 e. The van der Waals surface area contributed by atoms with E-state index in [2.05, 4.69) is 45.0 Å². The van der Waals surface area contributed by atoms with Crippen molar-refractivity contribution in [3.8, 4) is 17.6 Å². The summed E-state index contributed by atoms with van der Waals surface area (Å²) in [7, 11) is 0. The van der Waals surface area contributed by atoms with Crippen molar-refractivity contribution in [2.75, 3.05) is 0 Å². The Morgan fingerprint density at radius 1 is 0.958 bits per heavy atom. The molecular weight excluding hydrogens is 294 g/mol. The third-order valence-corrected chi connectivity index (χ3v) is 4.12. The van der Waals surface area contributed by atoms with Gasteiger partial charge >= 0.3 is 0 Å². The van der Waals surface area contributed by atoms with Crippen molar-refractivity contribution >= 4 is 10.8 Å². The number of fused-ring (bicyclic) bond motifs is 1. The number of nitriles is 1. The third-order valence-electron chi connectivity index (χ3n) is 4.12. The molecule has 0 N–H and O–H groups in total. The van der Waals surface area contributed by atoms with Crippen LogP contribution < -0.4 is 4.74 Å². The molecule has 2 nitrogen and oxygen atoms in total. The molecule has 0 saturated heterocycles. The van der Waals surface area contributed by atoms with Crippen molar-refractivity contribution in [2.24, 2.45) is 5.92 Å². The summed E-state index contributed by atoms with van der Waals surface area (Å²) in [6, 6.07) is 20.2. The van der Waals surface area contributed by atoms with Crippen LogP contribution in [0.5, 0.6) is 11.5 Å². The van der Waals surface area contributed by atoms with Crippen LogP contribution in [0.3, 0.4) is 0 Å². The van der Waals surface area contributed by atoms with Crippen LogP contribution in [-0.4, -0.2) is 0 Å². The zero-order chi connectivity index (χ0) is 17.1. The summed E-state index contributed by atoms with van der Waals surface area (Å²) < 4.78 is 6.23. The van der Waals surface area contributed by atoms with Crippen molar-refractivity contribution in [1.82, 2.24) is 0 Å². The van der Waals surface area contributed by atoms with Gasteiger partial charge in [0.1, 0.15) is 11.5 Å². The molecule has 0 aromatic heterocycles. The summed E-state index contributed by atoms with van der Waals surface area (Å²) in [5.74, 6) is 2.27. The van der Waals surface area contributed by atoms with E-state index in [1.54, 1.807) is 0 Å². The first-order valence-electron chi connectivity index (χ1n) is 8.27. The number of ether oxygens (including phenoxy) is 1. The predicted molar refractivity (Wildman–Crippen MR) is 98.5 cm³/mol.